The molecule has 17 heavy (non-hydrogen) atoms. The molecule has 5 nitrogen and oxygen atoms in total. The Morgan fingerprint density at radius 3 is 2.94 bits per heavy atom. The Morgan fingerprint density at radius 1 is 1.47 bits per heavy atom. The second-order valence-electron chi connectivity index (χ2n) is 3.48. The van der Waals surface area contributed by atoms with Crippen molar-refractivity contribution in [3.63, 3.8) is 0 Å². The molecule has 2 heterocycles. The van der Waals surface area contributed by atoms with E-state index >= 15 is 0 Å². The maximum atomic E-state index is 11.8. The monoisotopic (exact) mass is 294 g/mol. The average molecular weight is 295 g/mol. The van der Waals surface area contributed by atoms with Crippen molar-refractivity contribution < 1.29 is 4.79 Å². The van der Waals surface area contributed by atoms with Crippen molar-refractivity contribution in [1.82, 2.24) is 15.2 Å². The van der Waals surface area contributed by atoms with Gasteiger partial charge in [0.15, 0.2) is 5.82 Å². The Balaban J connectivity index is 2.11. The first-order valence-corrected chi connectivity index (χ1v) is 5.94. The maximum Gasteiger partial charge on any atom is 0.258 e. The maximum absolute atomic E-state index is 11.8. The molecule has 0 saturated heterocycles. The number of nitrogens with one attached hydrogen (secondary N) is 2. The number of amides is 1. The fraction of sp³-hybridized carbons (Fsp3) is 0.182. The standard InChI is InChI=1S/C11H11BrN4O/c1-2-9-4-10(16-15-9)14-11(17)7-3-8(12)6-13-5-7/h3-6H,2H2,1H3,(H2,14,15,16,17). The van der Waals surface area contributed by atoms with E-state index in [0.717, 1.165) is 16.6 Å². The fourth-order valence-electron chi connectivity index (χ4n) is 1.33. The van der Waals surface area contributed by atoms with Crippen LogP contribution in [0.3, 0.4) is 0 Å². The van der Waals surface area contributed by atoms with Crippen LogP contribution in [0.5, 0.6) is 0 Å². The number of aromatic nitrogens is 3. The lowest BCUT2D eigenvalue weighted by Gasteiger charge is -2.01. The summed E-state index contributed by atoms with van der Waals surface area (Å²) in [5.74, 6) is 0.291. The zero-order valence-corrected chi connectivity index (χ0v) is 10.8. The number of aromatic amines is 1. The van der Waals surface area contributed by atoms with Gasteiger partial charge in [-0.15, -0.1) is 0 Å². The molecule has 0 saturated carbocycles. The predicted octanol–water partition coefficient (Wildman–Crippen LogP) is 2.38. The fourth-order valence-corrected chi connectivity index (χ4v) is 1.70. The lowest BCUT2D eigenvalue weighted by Crippen LogP contribution is -2.12. The van der Waals surface area contributed by atoms with Crippen molar-refractivity contribution in [3.8, 4) is 0 Å². The first-order chi connectivity index (χ1) is 8.19. The molecule has 0 unspecified atom stereocenters. The van der Waals surface area contributed by atoms with Crippen molar-refractivity contribution in [2.24, 2.45) is 0 Å². The minimum absolute atomic E-state index is 0.229. The number of aryl methyl sites for hydroxylation is 1. The van der Waals surface area contributed by atoms with Gasteiger partial charge in [0, 0.05) is 28.6 Å². The summed E-state index contributed by atoms with van der Waals surface area (Å²) in [4.78, 5) is 15.8. The summed E-state index contributed by atoms with van der Waals surface area (Å²) >= 11 is 3.27. The van der Waals surface area contributed by atoms with Gasteiger partial charge in [-0.2, -0.15) is 5.10 Å². The number of hydrogen-bond acceptors (Lipinski definition) is 3. The number of halogens is 1. The van der Waals surface area contributed by atoms with E-state index in [1.165, 1.54) is 6.20 Å². The molecule has 0 atom stereocenters. The molecule has 0 radical (unpaired) electrons. The molecule has 0 spiro atoms. The lowest BCUT2D eigenvalue weighted by molar-refractivity contribution is 0.102. The van der Waals surface area contributed by atoms with Gasteiger partial charge in [-0.1, -0.05) is 6.92 Å². The third-order valence-electron chi connectivity index (χ3n) is 2.22. The molecule has 88 valence electrons. The zero-order chi connectivity index (χ0) is 12.3. The normalized spacial score (nSPS) is 10.2. The Morgan fingerprint density at radius 2 is 2.29 bits per heavy atom. The molecule has 0 fully saturated rings. The predicted molar refractivity (Wildman–Crippen MR) is 67.9 cm³/mol. The Kier molecular flexibility index (Phi) is 3.53. The second kappa shape index (κ2) is 5.09. The largest absolute Gasteiger partial charge is 0.305 e. The van der Waals surface area contributed by atoms with Crippen LogP contribution in [0.25, 0.3) is 0 Å². The van der Waals surface area contributed by atoms with Gasteiger partial charge < -0.3 is 5.32 Å². The van der Waals surface area contributed by atoms with E-state index in [-0.39, 0.29) is 5.91 Å². The molecule has 0 aliphatic rings. The van der Waals surface area contributed by atoms with Crippen LogP contribution in [0.1, 0.15) is 23.0 Å². The minimum atomic E-state index is -0.229. The van der Waals surface area contributed by atoms with Crippen LogP contribution in [0, 0.1) is 0 Å². The first kappa shape index (κ1) is 11.8. The van der Waals surface area contributed by atoms with Gasteiger partial charge in [0.1, 0.15) is 0 Å². The topological polar surface area (TPSA) is 70.7 Å². The molecule has 6 heteroatoms. The number of carbonyl (C=O) groups is 1. The average Bonchev–Trinajstić information content (AvgIpc) is 2.77. The summed E-state index contributed by atoms with van der Waals surface area (Å²) in [6, 6.07) is 3.51. The number of rotatable bonds is 3. The van der Waals surface area contributed by atoms with Gasteiger partial charge in [-0.25, -0.2) is 0 Å². The van der Waals surface area contributed by atoms with Gasteiger partial charge in [0.25, 0.3) is 5.91 Å². The quantitative estimate of drug-likeness (QED) is 0.913. The number of H-pyrrole nitrogens is 1. The zero-order valence-electron chi connectivity index (χ0n) is 9.20. The Bertz CT molecular complexity index is 538. The first-order valence-electron chi connectivity index (χ1n) is 5.15. The molecule has 2 rings (SSSR count). The molecule has 2 aromatic rings. The number of hydrogen-bond donors (Lipinski definition) is 2. The van der Waals surface area contributed by atoms with Gasteiger partial charge in [0.05, 0.1) is 5.56 Å². The highest BCUT2D eigenvalue weighted by atomic mass is 79.9. The van der Waals surface area contributed by atoms with Gasteiger partial charge in [-0.05, 0) is 28.4 Å². The molecule has 1 amide bonds. The van der Waals surface area contributed by atoms with E-state index in [4.69, 9.17) is 0 Å². The Labute approximate surface area is 107 Å². The molecule has 0 aliphatic heterocycles. The van der Waals surface area contributed by atoms with E-state index < -0.39 is 0 Å². The number of anilines is 1. The molecule has 2 aromatic heterocycles. The molecule has 2 N–H and O–H groups in total. The summed E-state index contributed by atoms with van der Waals surface area (Å²) < 4.78 is 0.765. The number of carbonyl (C=O) groups excluding carboxylic acids is 1. The smallest absolute Gasteiger partial charge is 0.258 e. The number of nitrogens with zero attached hydrogens (tertiary/aromatic N) is 2. The molecular formula is C11H11BrN4O. The highest BCUT2D eigenvalue weighted by molar-refractivity contribution is 9.10. The molecule has 0 aliphatic carbocycles. The summed E-state index contributed by atoms with van der Waals surface area (Å²) in [6.45, 7) is 2.01. The summed E-state index contributed by atoms with van der Waals surface area (Å²) in [5, 5.41) is 9.52. The van der Waals surface area contributed by atoms with Crippen molar-refractivity contribution in [3.05, 3.63) is 40.3 Å². The van der Waals surface area contributed by atoms with E-state index in [2.05, 4.69) is 36.4 Å². The third kappa shape index (κ3) is 2.91. The van der Waals surface area contributed by atoms with Crippen LogP contribution in [-0.4, -0.2) is 21.1 Å². The van der Waals surface area contributed by atoms with Crippen molar-refractivity contribution >= 4 is 27.7 Å². The lowest BCUT2D eigenvalue weighted by atomic mass is 10.2. The Hall–Kier alpha value is -1.69. The van der Waals surface area contributed by atoms with E-state index in [9.17, 15) is 4.79 Å². The molecular weight excluding hydrogens is 284 g/mol. The van der Waals surface area contributed by atoms with Crippen molar-refractivity contribution in [1.29, 1.82) is 0 Å². The third-order valence-corrected chi connectivity index (χ3v) is 2.65. The van der Waals surface area contributed by atoms with Gasteiger partial charge >= 0.3 is 0 Å². The van der Waals surface area contributed by atoms with E-state index in [1.807, 2.05) is 13.0 Å². The summed E-state index contributed by atoms with van der Waals surface area (Å²) in [7, 11) is 0. The molecule has 0 bridgehead atoms. The van der Waals surface area contributed by atoms with Crippen LogP contribution in [0.15, 0.2) is 29.0 Å². The second-order valence-corrected chi connectivity index (χ2v) is 4.39. The van der Waals surface area contributed by atoms with Gasteiger partial charge in [-0.3, -0.25) is 14.9 Å². The number of pyridine rings is 1. The van der Waals surface area contributed by atoms with Crippen LogP contribution in [0.2, 0.25) is 0 Å². The summed E-state index contributed by atoms with van der Waals surface area (Å²) in [6.07, 6.45) is 3.98. The minimum Gasteiger partial charge on any atom is -0.305 e. The van der Waals surface area contributed by atoms with Crippen molar-refractivity contribution in [2.75, 3.05) is 5.32 Å². The van der Waals surface area contributed by atoms with Gasteiger partial charge in [0.2, 0.25) is 0 Å². The SMILES string of the molecule is CCc1cc(NC(=O)c2cncc(Br)c2)n[nH]1. The van der Waals surface area contributed by atoms with Crippen LogP contribution < -0.4 is 5.32 Å². The highest BCUT2D eigenvalue weighted by Crippen LogP contribution is 2.12. The van der Waals surface area contributed by atoms with Crippen LogP contribution in [0.4, 0.5) is 5.82 Å². The van der Waals surface area contributed by atoms with E-state index in [0.29, 0.717) is 11.4 Å². The van der Waals surface area contributed by atoms with E-state index in [1.54, 1.807) is 12.3 Å². The van der Waals surface area contributed by atoms with Crippen molar-refractivity contribution in [2.45, 2.75) is 13.3 Å². The molecule has 0 aromatic carbocycles. The van der Waals surface area contributed by atoms with Crippen LogP contribution >= 0.6 is 15.9 Å². The highest BCUT2D eigenvalue weighted by Gasteiger charge is 2.08. The summed E-state index contributed by atoms with van der Waals surface area (Å²) in [5.41, 5.74) is 1.47. The van der Waals surface area contributed by atoms with Crippen LogP contribution in [-0.2, 0) is 6.42 Å².